The number of carbonyl (C=O) groups excluding carboxylic acids is 1. The number of hydrogen-bond donors (Lipinski definition) is 1. The van der Waals surface area contributed by atoms with E-state index in [2.05, 4.69) is 33.0 Å². The molecule has 0 unspecified atom stereocenters. The van der Waals surface area contributed by atoms with Crippen molar-refractivity contribution in [1.82, 2.24) is 5.32 Å². The number of nitrogens with one attached hydrogen (secondary N) is 1. The van der Waals surface area contributed by atoms with Crippen LogP contribution >= 0.6 is 0 Å². The molecule has 0 aliphatic carbocycles. The zero-order chi connectivity index (χ0) is 26.1. The molecule has 1 N–H and O–H groups in total. The Morgan fingerprint density at radius 3 is 2.33 bits per heavy atom. The Bertz CT molecular complexity index is 1330. The molecule has 1 aliphatic rings. The zero-order valence-electron chi connectivity index (χ0n) is 21.5. The second-order valence-corrected chi connectivity index (χ2v) is 12.1. The van der Waals surface area contributed by atoms with Gasteiger partial charge in [0.25, 0.3) is 15.9 Å². The van der Waals surface area contributed by atoms with Crippen molar-refractivity contribution >= 4 is 21.6 Å². The zero-order valence-corrected chi connectivity index (χ0v) is 22.3. The number of hydrogen-bond acceptors (Lipinski definition) is 4. The number of sulfonamides is 1. The Labute approximate surface area is 214 Å². The molecule has 0 aromatic heterocycles. The summed E-state index contributed by atoms with van der Waals surface area (Å²) >= 11 is 0. The van der Waals surface area contributed by atoms with E-state index in [1.54, 1.807) is 36.4 Å². The minimum Gasteiger partial charge on any atom is -0.476 e. The first-order chi connectivity index (χ1) is 17.0. The van der Waals surface area contributed by atoms with Crippen molar-refractivity contribution in [1.29, 1.82) is 0 Å². The molecule has 6 nitrogen and oxygen atoms in total. The number of carbonyl (C=O) groups is 1. The highest BCUT2D eigenvalue weighted by molar-refractivity contribution is 7.92. The fourth-order valence-corrected chi connectivity index (χ4v) is 5.72. The fraction of sp³-hybridized carbons (Fsp3) is 0.345. The van der Waals surface area contributed by atoms with Crippen LogP contribution in [0.2, 0.25) is 0 Å². The topological polar surface area (TPSA) is 75.7 Å². The summed E-state index contributed by atoms with van der Waals surface area (Å²) in [5.74, 6) is 0.00901. The average molecular weight is 507 g/mol. The first-order valence-corrected chi connectivity index (χ1v) is 13.7. The third-order valence-electron chi connectivity index (χ3n) is 6.56. The van der Waals surface area contributed by atoms with E-state index in [-0.39, 0.29) is 28.8 Å². The van der Waals surface area contributed by atoms with Gasteiger partial charge in [-0.2, -0.15) is 0 Å². The maximum absolute atomic E-state index is 13.7. The van der Waals surface area contributed by atoms with Gasteiger partial charge in [-0.3, -0.25) is 9.10 Å². The molecule has 1 amide bonds. The number of nitrogens with zero attached hydrogens (tertiary/aromatic N) is 1. The number of fused-ring (bicyclic) bond motifs is 1. The fourth-order valence-electron chi connectivity index (χ4n) is 4.23. The molecule has 0 radical (unpaired) electrons. The predicted octanol–water partition coefficient (Wildman–Crippen LogP) is 5.38. The van der Waals surface area contributed by atoms with E-state index in [1.165, 1.54) is 9.87 Å². The van der Waals surface area contributed by atoms with Crippen molar-refractivity contribution in [3.05, 3.63) is 89.5 Å². The summed E-state index contributed by atoms with van der Waals surface area (Å²) in [6.45, 7) is 10.1. The molecule has 0 spiro atoms. The summed E-state index contributed by atoms with van der Waals surface area (Å²) in [6, 6.07) is 21.7. The van der Waals surface area contributed by atoms with Crippen molar-refractivity contribution in [3.63, 3.8) is 0 Å². The average Bonchev–Trinajstić information content (AvgIpc) is 2.87. The normalized spacial score (nSPS) is 16.6. The summed E-state index contributed by atoms with van der Waals surface area (Å²) in [6.07, 6.45) is -0.0484. The van der Waals surface area contributed by atoms with E-state index in [9.17, 15) is 13.2 Å². The quantitative estimate of drug-likeness (QED) is 0.487. The lowest BCUT2D eigenvalue weighted by Crippen LogP contribution is -2.51. The summed E-state index contributed by atoms with van der Waals surface area (Å²) in [5, 5.41) is 3.00. The van der Waals surface area contributed by atoms with E-state index in [0.29, 0.717) is 11.4 Å². The number of rotatable bonds is 6. The van der Waals surface area contributed by atoms with Gasteiger partial charge in [-0.1, -0.05) is 76.2 Å². The Morgan fingerprint density at radius 2 is 1.72 bits per heavy atom. The van der Waals surface area contributed by atoms with E-state index in [0.717, 1.165) is 17.5 Å². The Hall–Kier alpha value is -3.32. The van der Waals surface area contributed by atoms with E-state index < -0.39 is 16.1 Å². The van der Waals surface area contributed by atoms with Gasteiger partial charge in [0.05, 0.1) is 23.2 Å². The van der Waals surface area contributed by atoms with Gasteiger partial charge in [-0.15, -0.1) is 0 Å². The first kappa shape index (κ1) is 25.8. The van der Waals surface area contributed by atoms with Crippen molar-refractivity contribution in [2.24, 2.45) is 0 Å². The van der Waals surface area contributed by atoms with Gasteiger partial charge in [0.15, 0.2) is 6.10 Å². The maximum Gasteiger partial charge on any atom is 0.264 e. The van der Waals surface area contributed by atoms with Crippen LogP contribution in [0.25, 0.3) is 0 Å². The van der Waals surface area contributed by atoms with E-state index in [1.807, 2.05) is 43.3 Å². The van der Waals surface area contributed by atoms with Crippen LogP contribution in [0.5, 0.6) is 5.75 Å². The SMILES string of the molecule is CCc1ccc([C@H](C)NC(=O)[C@H]2CN(S(=O)(=O)c3ccccc3)c3cc(C(C)(C)C)ccc3O2)cc1. The molecule has 0 fully saturated rings. The molecule has 3 aromatic rings. The number of amides is 1. The van der Waals surface area contributed by atoms with E-state index >= 15 is 0 Å². The maximum atomic E-state index is 13.7. The molecule has 2 atom stereocenters. The van der Waals surface area contributed by atoms with Crippen LogP contribution in [-0.4, -0.2) is 27.0 Å². The van der Waals surface area contributed by atoms with Gasteiger partial charge in [0.1, 0.15) is 5.75 Å². The summed E-state index contributed by atoms with van der Waals surface area (Å²) in [5.41, 5.74) is 3.43. The Balaban J connectivity index is 1.66. The highest BCUT2D eigenvalue weighted by Gasteiger charge is 2.38. The van der Waals surface area contributed by atoms with Crippen LogP contribution in [0, 0.1) is 0 Å². The minimum absolute atomic E-state index is 0.120. The van der Waals surface area contributed by atoms with Crippen molar-refractivity contribution in [3.8, 4) is 5.75 Å². The van der Waals surface area contributed by atoms with Gasteiger partial charge in [0, 0.05) is 0 Å². The van der Waals surface area contributed by atoms with Gasteiger partial charge in [-0.05, 0) is 59.7 Å². The molecular weight excluding hydrogens is 472 g/mol. The monoisotopic (exact) mass is 506 g/mol. The van der Waals surface area contributed by atoms with Gasteiger partial charge in [-0.25, -0.2) is 8.42 Å². The second-order valence-electron chi connectivity index (χ2n) is 10.2. The molecule has 4 rings (SSSR count). The molecule has 36 heavy (non-hydrogen) atoms. The molecular formula is C29H34N2O4S. The van der Waals surface area contributed by atoms with Gasteiger partial charge >= 0.3 is 0 Å². The molecule has 1 heterocycles. The minimum atomic E-state index is -3.92. The van der Waals surface area contributed by atoms with Crippen LogP contribution in [0.3, 0.4) is 0 Å². The van der Waals surface area contributed by atoms with Gasteiger partial charge < -0.3 is 10.1 Å². The summed E-state index contributed by atoms with van der Waals surface area (Å²) in [4.78, 5) is 13.5. The van der Waals surface area contributed by atoms with E-state index in [4.69, 9.17) is 4.74 Å². The lowest BCUT2D eigenvalue weighted by Gasteiger charge is -2.36. The highest BCUT2D eigenvalue weighted by Crippen LogP contribution is 2.40. The molecule has 3 aromatic carbocycles. The lowest BCUT2D eigenvalue weighted by atomic mass is 9.86. The van der Waals surface area contributed by atoms with Gasteiger partial charge in [0.2, 0.25) is 0 Å². The third kappa shape index (κ3) is 5.26. The number of benzene rings is 3. The summed E-state index contributed by atoms with van der Waals surface area (Å²) in [7, 11) is -3.92. The molecule has 1 aliphatic heterocycles. The van der Waals surface area contributed by atoms with Crippen LogP contribution in [0.15, 0.2) is 77.7 Å². The lowest BCUT2D eigenvalue weighted by molar-refractivity contribution is -0.128. The van der Waals surface area contributed by atoms with Crippen LogP contribution in [-0.2, 0) is 26.7 Å². The van der Waals surface area contributed by atoms with Crippen molar-refractivity contribution in [2.45, 2.75) is 63.5 Å². The highest BCUT2D eigenvalue weighted by atomic mass is 32.2. The Kier molecular flexibility index (Phi) is 7.14. The smallest absolute Gasteiger partial charge is 0.264 e. The standard InChI is InChI=1S/C29H34N2O4S/c1-6-21-12-14-22(15-13-21)20(2)30-28(32)27-19-31(36(33,34)24-10-8-7-9-11-24)25-18-23(29(3,4)5)16-17-26(25)35-27/h7-18,20,27H,6,19H2,1-5H3,(H,30,32)/t20-,27+/m0/s1. The molecule has 7 heteroatoms. The number of ether oxygens (including phenoxy) is 1. The number of anilines is 1. The van der Waals surface area contributed by atoms with Crippen LogP contribution in [0.1, 0.15) is 57.4 Å². The summed E-state index contributed by atoms with van der Waals surface area (Å²) < 4.78 is 34.8. The first-order valence-electron chi connectivity index (χ1n) is 12.3. The third-order valence-corrected chi connectivity index (χ3v) is 8.36. The predicted molar refractivity (Wildman–Crippen MR) is 143 cm³/mol. The van der Waals surface area contributed by atoms with Crippen LogP contribution in [0.4, 0.5) is 5.69 Å². The number of aryl methyl sites for hydroxylation is 1. The molecule has 190 valence electrons. The van der Waals surface area contributed by atoms with Crippen molar-refractivity contribution in [2.75, 3.05) is 10.8 Å². The van der Waals surface area contributed by atoms with Crippen molar-refractivity contribution < 1.29 is 17.9 Å². The molecule has 0 bridgehead atoms. The molecule has 0 saturated carbocycles. The Morgan fingerprint density at radius 1 is 1.06 bits per heavy atom. The van der Waals surface area contributed by atoms with Crippen LogP contribution < -0.4 is 14.4 Å². The largest absolute Gasteiger partial charge is 0.476 e. The second kappa shape index (κ2) is 9.97. The molecule has 0 saturated heterocycles.